The molecule has 3 aromatic rings. The lowest BCUT2D eigenvalue weighted by molar-refractivity contribution is 0.0746. The Balaban J connectivity index is 1.42. The van der Waals surface area contributed by atoms with E-state index in [1.54, 1.807) is 24.3 Å². The number of rotatable bonds is 4. The molecule has 3 aromatic carbocycles. The van der Waals surface area contributed by atoms with E-state index in [4.69, 9.17) is 23.8 Å². The van der Waals surface area contributed by atoms with E-state index in [1.807, 2.05) is 53.4 Å². The molecule has 174 valence electrons. The normalized spacial score (nSPS) is 13.4. The first-order valence-corrected chi connectivity index (χ1v) is 12.3. The van der Waals surface area contributed by atoms with Gasteiger partial charge in [-0.15, -0.1) is 0 Å². The van der Waals surface area contributed by atoms with Gasteiger partial charge in [-0.3, -0.25) is 14.9 Å². The highest BCUT2D eigenvalue weighted by atomic mass is 79.9. The van der Waals surface area contributed by atoms with Crippen LogP contribution in [-0.2, 0) is 0 Å². The second kappa shape index (κ2) is 11.0. The van der Waals surface area contributed by atoms with Gasteiger partial charge in [0.25, 0.3) is 11.8 Å². The van der Waals surface area contributed by atoms with Gasteiger partial charge in [-0.2, -0.15) is 0 Å². The maximum atomic E-state index is 12.8. The first kappa shape index (κ1) is 24.2. The van der Waals surface area contributed by atoms with Gasteiger partial charge in [0.2, 0.25) is 0 Å². The van der Waals surface area contributed by atoms with E-state index in [-0.39, 0.29) is 16.9 Å². The number of halogens is 2. The first-order chi connectivity index (χ1) is 16.4. The molecule has 2 amide bonds. The quantitative estimate of drug-likeness (QED) is 0.432. The van der Waals surface area contributed by atoms with Crippen LogP contribution >= 0.6 is 39.7 Å². The fourth-order valence-corrected chi connectivity index (χ4v) is 4.61. The van der Waals surface area contributed by atoms with E-state index in [0.717, 1.165) is 5.69 Å². The lowest BCUT2D eigenvalue weighted by Crippen LogP contribution is -2.49. The molecule has 0 saturated carbocycles. The zero-order valence-corrected chi connectivity index (χ0v) is 21.3. The molecule has 1 aliphatic rings. The highest BCUT2D eigenvalue weighted by molar-refractivity contribution is 9.10. The number of amides is 2. The molecule has 1 saturated heterocycles. The molecule has 0 bridgehead atoms. The number of benzene rings is 3. The molecule has 0 atom stereocenters. The van der Waals surface area contributed by atoms with Crippen LogP contribution in [0.2, 0.25) is 5.02 Å². The van der Waals surface area contributed by atoms with E-state index in [0.29, 0.717) is 52.5 Å². The zero-order chi connectivity index (χ0) is 24.1. The van der Waals surface area contributed by atoms with Crippen LogP contribution < -0.4 is 15.5 Å². The van der Waals surface area contributed by atoms with Gasteiger partial charge in [0.05, 0.1) is 16.9 Å². The minimum atomic E-state index is -0.318. The summed E-state index contributed by atoms with van der Waals surface area (Å²) in [5, 5.41) is 6.53. The number of hydrogen-bond acceptors (Lipinski definition) is 4. The van der Waals surface area contributed by atoms with Gasteiger partial charge >= 0.3 is 0 Å². The molecule has 34 heavy (non-hydrogen) atoms. The summed E-state index contributed by atoms with van der Waals surface area (Å²) in [6.07, 6.45) is 0. The van der Waals surface area contributed by atoms with Crippen LogP contribution in [0.1, 0.15) is 20.7 Å². The Morgan fingerprint density at radius 3 is 2.29 bits per heavy atom. The lowest BCUT2D eigenvalue weighted by atomic mass is 10.1. The Bertz CT molecular complexity index is 1220. The third-order valence-corrected chi connectivity index (χ3v) is 6.61. The minimum absolute atomic E-state index is 0.0330. The number of thiocarbonyl (C=S) groups is 1. The molecule has 0 aromatic heterocycles. The third kappa shape index (κ3) is 5.75. The van der Waals surface area contributed by atoms with Gasteiger partial charge in [-0.05, 0) is 70.6 Å². The summed E-state index contributed by atoms with van der Waals surface area (Å²) in [7, 11) is 0. The Labute approximate surface area is 217 Å². The van der Waals surface area contributed by atoms with Crippen molar-refractivity contribution >= 4 is 68.1 Å². The van der Waals surface area contributed by atoms with Crippen molar-refractivity contribution in [3.63, 3.8) is 0 Å². The molecule has 1 fully saturated rings. The van der Waals surface area contributed by atoms with Gasteiger partial charge in [0, 0.05) is 41.2 Å². The van der Waals surface area contributed by atoms with Crippen molar-refractivity contribution in [3.05, 3.63) is 93.4 Å². The molecule has 0 radical (unpaired) electrons. The van der Waals surface area contributed by atoms with Crippen molar-refractivity contribution in [2.75, 3.05) is 36.4 Å². The largest absolute Gasteiger partial charge is 0.366 e. The number of anilines is 2. The van der Waals surface area contributed by atoms with Crippen LogP contribution in [0.15, 0.2) is 77.3 Å². The SMILES string of the molecule is O=C(NC(=S)Nc1cc(Cl)ccc1N1CCN(C(=O)c2ccccc2)CC1)c1ccccc1Br. The van der Waals surface area contributed by atoms with E-state index in [2.05, 4.69) is 31.5 Å². The summed E-state index contributed by atoms with van der Waals surface area (Å²) in [5.74, 6) is -0.285. The minimum Gasteiger partial charge on any atom is -0.366 e. The summed E-state index contributed by atoms with van der Waals surface area (Å²) in [6, 6.07) is 21.9. The summed E-state index contributed by atoms with van der Waals surface area (Å²) < 4.78 is 0.682. The number of carbonyl (C=O) groups is 2. The maximum Gasteiger partial charge on any atom is 0.258 e. The van der Waals surface area contributed by atoms with Gasteiger partial charge in [-0.1, -0.05) is 41.9 Å². The van der Waals surface area contributed by atoms with Crippen molar-refractivity contribution in [2.45, 2.75) is 0 Å². The molecule has 9 heteroatoms. The number of piperazine rings is 1. The Hall–Kier alpha value is -2.94. The van der Waals surface area contributed by atoms with Crippen LogP contribution in [-0.4, -0.2) is 48.0 Å². The standard InChI is InChI=1S/C25H22BrClN4O2S/c26-20-9-5-4-8-19(20)23(32)29-25(34)28-21-16-18(27)10-11-22(21)30-12-14-31(15-13-30)24(33)17-6-2-1-3-7-17/h1-11,16H,12-15H2,(H2,28,29,32,34). The molecule has 0 aliphatic carbocycles. The summed E-state index contributed by atoms with van der Waals surface area (Å²) >= 11 is 15.0. The number of nitrogens with one attached hydrogen (secondary N) is 2. The van der Waals surface area contributed by atoms with E-state index in [1.165, 1.54) is 0 Å². The second-order valence-corrected chi connectivity index (χ2v) is 9.39. The number of carbonyl (C=O) groups excluding carboxylic acids is 2. The predicted molar refractivity (Wildman–Crippen MR) is 144 cm³/mol. The Morgan fingerprint density at radius 1 is 0.912 bits per heavy atom. The van der Waals surface area contributed by atoms with Crippen LogP contribution in [0.25, 0.3) is 0 Å². The fraction of sp³-hybridized carbons (Fsp3) is 0.160. The second-order valence-electron chi connectivity index (χ2n) is 7.69. The first-order valence-electron chi connectivity index (χ1n) is 10.7. The average molecular weight is 558 g/mol. The Morgan fingerprint density at radius 2 is 1.59 bits per heavy atom. The van der Waals surface area contributed by atoms with E-state index < -0.39 is 0 Å². The van der Waals surface area contributed by atoms with Crippen molar-refractivity contribution in [2.24, 2.45) is 0 Å². The van der Waals surface area contributed by atoms with Crippen LogP contribution in [0.3, 0.4) is 0 Å². The van der Waals surface area contributed by atoms with Crippen molar-refractivity contribution in [3.8, 4) is 0 Å². The van der Waals surface area contributed by atoms with Crippen LogP contribution in [0, 0.1) is 0 Å². The molecular formula is C25H22BrClN4O2S. The van der Waals surface area contributed by atoms with Crippen molar-refractivity contribution < 1.29 is 9.59 Å². The zero-order valence-electron chi connectivity index (χ0n) is 18.1. The lowest BCUT2D eigenvalue weighted by Gasteiger charge is -2.37. The molecule has 0 unspecified atom stereocenters. The van der Waals surface area contributed by atoms with Gasteiger partial charge in [0.1, 0.15) is 0 Å². The monoisotopic (exact) mass is 556 g/mol. The number of nitrogens with zero attached hydrogens (tertiary/aromatic N) is 2. The Kier molecular flexibility index (Phi) is 7.82. The average Bonchev–Trinajstić information content (AvgIpc) is 2.84. The fourth-order valence-electron chi connectivity index (χ4n) is 3.77. The van der Waals surface area contributed by atoms with Gasteiger partial charge in [-0.25, -0.2) is 0 Å². The molecule has 1 aliphatic heterocycles. The molecule has 1 heterocycles. The summed E-state index contributed by atoms with van der Waals surface area (Å²) in [6.45, 7) is 2.51. The van der Waals surface area contributed by atoms with E-state index >= 15 is 0 Å². The summed E-state index contributed by atoms with van der Waals surface area (Å²) in [5.41, 5.74) is 2.76. The molecule has 4 rings (SSSR count). The van der Waals surface area contributed by atoms with Gasteiger partial charge < -0.3 is 15.1 Å². The topological polar surface area (TPSA) is 64.7 Å². The maximum absolute atomic E-state index is 12.8. The van der Waals surface area contributed by atoms with Crippen molar-refractivity contribution in [1.82, 2.24) is 10.2 Å². The smallest absolute Gasteiger partial charge is 0.258 e. The summed E-state index contributed by atoms with van der Waals surface area (Å²) in [4.78, 5) is 29.4. The third-order valence-electron chi connectivity index (χ3n) is 5.48. The molecule has 2 N–H and O–H groups in total. The highest BCUT2D eigenvalue weighted by Crippen LogP contribution is 2.30. The van der Waals surface area contributed by atoms with Crippen molar-refractivity contribution in [1.29, 1.82) is 0 Å². The van der Waals surface area contributed by atoms with E-state index in [9.17, 15) is 9.59 Å². The highest BCUT2D eigenvalue weighted by Gasteiger charge is 2.24. The molecule has 6 nitrogen and oxygen atoms in total. The molecule has 0 spiro atoms. The van der Waals surface area contributed by atoms with Gasteiger partial charge in [0.15, 0.2) is 5.11 Å². The predicted octanol–water partition coefficient (Wildman–Crippen LogP) is 5.19. The number of hydrogen-bond donors (Lipinski definition) is 2. The van der Waals surface area contributed by atoms with Crippen LogP contribution in [0.5, 0.6) is 0 Å². The molecular weight excluding hydrogens is 536 g/mol. The van der Waals surface area contributed by atoms with Crippen LogP contribution in [0.4, 0.5) is 11.4 Å².